The highest BCUT2D eigenvalue weighted by Crippen LogP contribution is 2.30. The number of rotatable bonds is 4. The lowest BCUT2D eigenvalue weighted by atomic mass is 10.1. The quantitative estimate of drug-likeness (QED) is 0.746. The maximum Gasteiger partial charge on any atom is 0.250 e. The molecule has 0 radical (unpaired) electrons. The van der Waals surface area contributed by atoms with Crippen LogP contribution in [0.15, 0.2) is 28.7 Å². The van der Waals surface area contributed by atoms with Gasteiger partial charge in [0.05, 0.1) is 23.0 Å². The Bertz CT molecular complexity index is 647. The Hall–Kier alpha value is -2.43. The van der Waals surface area contributed by atoms with Crippen molar-refractivity contribution in [1.82, 2.24) is 0 Å². The van der Waals surface area contributed by atoms with Crippen LogP contribution in [0.1, 0.15) is 40.4 Å². The lowest BCUT2D eigenvalue weighted by Gasteiger charge is -2.18. The predicted molar refractivity (Wildman–Crippen MR) is 79.6 cm³/mol. The van der Waals surface area contributed by atoms with Crippen LogP contribution >= 0.6 is 0 Å². The van der Waals surface area contributed by atoms with Gasteiger partial charge in [-0.2, -0.15) is 0 Å². The van der Waals surface area contributed by atoms with E-state index < -0.39 is 5.91 Å². The Morgan fingerprint density at radius 3 is 2.60 bits per heavy atom. The number of nitrogen functional groups attached to an aromatic ring is 1. The number of primary amides is 1. The smallest absolute Gasteiger partial charge is 0.250 e. The molecule has 1 aromatic heterocycles. The number of para-hydroxylation sites is 1. The minimum absolute atomic E-state index is 0.0461. The molecule has 0 saturated carbocycles. The van der Waals surface area contributed by atoms with Crippen LogP contribution in [-0.2, 0) is 0 Å². The second-order valence-corrected chi connectivity index (χ2v) is 4.87. The van der Waals surface area contributed by atoms with E-state index in [1.165, 1.54) is 0 Å². The van der Waals surface area contributed by atoms with Crippen LogP contribution in [-0.4, -0.2) is 5.91 Å². The molecule has 0 saturated heterocycles. The SMILES string of the molecule is Cc1cc(C(C)Nc2c(N)cccc2C(N)=O)c(C)o1. The maximum absolute atomic E-state index is 11.5. The van der Waals surface area contributed by atoms with E-state index in [9.17, 15) is 4.79 Å². The molecule has 0 spiro atoms. The molecular weight excluding hydrogens is 254 g/mol. The van der Waals surface area contributed by atoms with Crippen molar-refractivity contribution in [3.8, 4) is 0 Å². The molecule has 0 fully saturated rings. The molecule has 5 heteroatoms. The molecule has 0 aliphatic heterocycles. The Morgan fingerprint density at radius 1 is 1.35 bits per heavy atom. The van der Waals surface area contributed by atoms with Gasteiger partial charge in [0.15, 0.2) is 0 Å². The van der Waals surface area contributed by atoms with Gasteiger partial charge in [-0.25, -0.2) is 0 Å². The second kappa shape index (κ2) is 5.28. The second-order valence-electron chi connectivity index (χ2n) is 4.87. The number of nitrogens with two attached hydrogens (primary N) is 2. The first-order valence-electron chi connectivity index (χ1n) is 6.42. The Labute approximate surface area is 117 Å². The fourth-order valence-electron chi connectivity index (χ4n) is 2.31. The average Bonchev–Trinajstić information content (AvgIpc) is 2.70. The van der Waals surface area contributed by atoms with E-state index in [0.29, 0.717) is 16.9 Å². The van der Waals surface area contributed by atoms with Gasteiger partial charge in [0.25, 0.3) is 5.91 Å². The first-order valence-corrected chi connectivity index (χ1v) is 6.42. The zero-order valence-electron chi connectivity index (χ0n) is 11.9. The summed E-state index contributed by atoms with van der Waals surface area (Å²) in [6.07, 6.45) is 0. The van der Waals surface area contributed by atoms with Crippen molar-refractivity contribution in [2.75, 3.05) is 11.1 Å². The molecule has 0 bridgehead atoms. The Kier molecular flexibility index (Phi) is 3.70. The van der Waals surface area contributed by atoms with Crippen LogP contribution in [0.5, 0.6) is 0 Å². The minimum Gasteiger partial charge on any atom is -0.466 e. The molecule has 1 aromatic carbocycles. The van der Waals surface area contributed by atoms with E-state index in [4.69, 9.17) is 15.9 Å². The molecule has 20 heavy (non-hydrogen) atoms. The van der Waals surface area contributed by atoms with E-state index in [2.05, 4.69) is 5.32 Å². The van der Waals surface area contributed by atoms with Crippen molar-refractivity contribution >= 4 is 17.3 Å². The molecule has 5 nitrogen and oxygen atoms in total. The molecule has 5 N–H and O–H groups in total. The summed E-state index contributed by atoms with van der Waals surface area (Å²) in [7, 11) is 0. The molecule has 1 atom stereocenters. The summed E-state index contributed by atoms with van der Waals surface area (Å²) in [5.74, 6) is 1.19. The first kappa shape index (κ1) is 14.0. The monoisotopic (exact) mass is 273 g/mol. The van der Waals surface area contributed by atoms with Crippen molar-refractivity contribution in [1.29, 1.82) is 0 Å². The first-order chi connectivity index (χ1) is 9.40. The number of hydrogen-bond acceptors (Lipinski definition) is 4. The third-order valence-electron chi connectivity index (χ3n) is 3.27. The maximum atomic E-state index is 11.5. The summed E-state index contributed by atoms with van der Waals surface area (Å²) in [4.78, 5) is 11.5. The minimum atomic E-state index is -0.507. The number of carbonyl (C=O) groups is 1. The number of carbonyl (C=O) groups excluding carboxylic acids is 1. The molecule has 1 heterocycles. The van der Waals surface area contributed by atoms with Gasteiger partial charge < -0.3 is 21.2 Å². The summed E-state index contributed by atoms with van der Waals surface area (Å²) in [6.45, 7) is 5.79. The van der Waals surface area contributed by atoms with Crippen molar-refractivity contribution in [3.05, 3.63) is 46.9 Å². The highest BCUT2D eigenvalue weighted by Gasteiger charge is 2.17. The third-order valence-corrected chi connectivity index (χ3v) is 3.27. The van der Waals surface area contributed by atoms with Gasteiger partial charge in [-0.05, 0) is 39.0 Å². The van der Waals surface area contributed by atoms with Gasteiger partial charge in [0.1, 0.15) is 11.5 Å². The van der Waals surface area contributed by atoms with Crippen LogP contribution in [0.4, 0.5) is 11.4 Å². The van der Waals surface area contributed by atoms with E-state index >= 15 is 0 Å². The number of aryl methyl sites for hydroxylation is 2. The lowest BCUT2D eigenvalue weighted by molar-refractivity contribution is 0.100. The average molecular weight is 273 g/mol. The molecule has 0 aliphatic rings. The molecule has 2 aromatic rings. The standard InChI is InChI=1S/C15H19N3O2/c1-8-7-12(10(3)20-8)9(2)18-14-11(15(17)19)5-4-6-13(14)16/h4-7,9,18H,16H2,1-3H3,(H2,17,19). The number of benzene rings is 1. The van der Waals surface area contributed by atoms with Gasteiger partial charge >= 0.3 is 0 Å². The van der Waals surface area contributed by atoms with Crippen molar-refractivity contribution < 1.29 is 9.21 Å². The molecular formula is C15H19N3O2. The fraction of sp³-hybridized carbons (Fsp3) is 0.267. The van der Waals surface area contributed by atoms with Gasteiger partial charge in [-0.3, -0.25) is 4.79 Å². The van der Waals surface area contributed by atoms with Gasteiger partial charge in [-0.15, -0.1) is 0 Å². The number of furan rings is 1. The van der Waals surface area contributed by atoms with Crippen molar-refractivity contribution in [2.24, 2.45) is 5.73 Å². The Morgan fingerprint density at radius 2 is 2.05 bits per heavy atom. The third kappa shape index (κ3) is 2.61. The lowest BCUT2D eigenvalue weighted by Crippen LogP contribution is -2.17. The summed E-state index contributed by atoms with van der Waals surface area (Å²) in [6, 6.07) is 7.01. The summed E-state index contributed by atoms with van der Waals surface area (Å²) in [5, 5.41) is 3.24. The zero-order chi connectivity index (χ0) is 14.9. The summed E-state index contributed by atoms with van der Waals surface area (Å²) < 4.78 is 5.52. The van der Waals surface area contributed by atoms with E-state index in [1.54, 1.807) is 18.2 Å². The van der Waals surface area contributed by atoms with E-state index in [-0.39, 0.29) is 6.04 Å². The molecule has 106 valence electrons. The largest absolute Gasteiger partial charge is 0.466 e. The molecule has 2 rings (SSSR count). The van der Waals surface area contributed by atoms with Gasteiger partial charge in [0, 0.05) is 5.56 Å². The van der Waals surface area contributed by atoms with Crippen LogP contribution in [0, 0.1) is 13.8 Å². The fourth-order valence-corrected chi connectivity index (χ4v) is 2.31. The molecule has 1 unspecified atom stereocenters. The number of hydrogen-bond donors (Lipinski definition) is 3. The number of nitrogens with one attached hydrogen (secondary N) is 1. The molecule has 0 aliphatic carbocycles. The van der Waals surface area contributed by atoms with Crippen LogP contribution < -0.4 is 16.8 Å². The summed E-state index contributed by atoms with van der Waals surface area (Å²) in [5.41, 5.74) is 13.8. The van der Waals surface area contributed by atoms with Gasteiger partial charge in [-0.1, -0.05) is 6.07 Å². The van der Waals surface area contributed by atoms with Crippen LogP contribution in [0.3, 0.4) is 0 Å². The zero-order valence-corrected chi connectivity index (χ0v) is 11.9. The normalized spacial score (nSPS) is 12.2. The Balaban J connectivity index is 2.35. The van der Waals surface area contributed by atoms with Crippen molar-refractivity contribution in [3.63, 3.8) is 0 Å². The number of anilines is 2. The summed E-state index contributed by atoms with van der Waals surface area (Å²) >= 11 is 0. The van der Waals surface area contributed by atoms with Crippen LogP contribution in [0.25, 0.3) is 0 Å². The van der Waals surface area contributed by atoms with Gasteiger partial charge in [0.2, 0.25) is 0 Å². The van der Waals surface area contributed by atoms with Crippen molar-refractivity contribution in [2.45, 2.75) is 26.8 Å². The number of amides is 1. The van der Waals surface area contributed by atoms with E-state index in [1.807, 2.05) is 26.8 Å². The van der Waals surface area contributed by atoms with Crippen LogP contribution in [0.2, 0.25) is 0 Å². The molecule has 1 amide bonds. The van der Waals surface area contributed by atoms with E-state index in [0.717, 1.165) is 17.1 Å². The predicted octanol–water partition coefficient (Wildman–Crippen LogP) is 2.75. The highest BCUT2D eigenvalue weighted by molar-refractivity contribution is 6.01. The highest BCUT2D eigenvalue weighted by atomic mass is 16.3. The topological polar surface area (TPSA) is 94.3 Å².